The fourth-order valence-electron chi connectivity index (χ4n) is 2.54. The highest BCUT2D eigenvalue weighted by molar-refractivity contribution is 8.23. The van der Waals surface area contributed by atoms with Crippen molar-refractivity contribution in [2.45, 2.75) is 32.4 Å². The monoisotopic (exact) mass is 379 g/mol. The SMILES string of the molecule is CCN(CC)C(=S)SC1CC(=O)N(c2ccc(NC(C)=O)cc2)C1=O. The number of benzene rings is 1. The molecule has 0 aromatic heterocycles. The second kappa shape index (κ2) is 8.44. The average Bonchev–Trinajstić information content (AvgIpc) is 2.83. The Kier molecular flexibility index (Phi) is 6.55. The number of amides is 3. The molecular weight excluding hydrogens is 358 g/mol. The number of rotatable bonds is 5. The van der Waals surface area contributed by atoms with Gasteiger partial charge in [-0.15, -0.1) is 0 Å². The molecule has 0 bridgehead atoms. The molecule has 0 spiro atoms. The summed E-state index contributed by atoms with van der Waals surface area (Å²) in [5.74, 6) is -0.670. The third kappa shape index (κ3) is 4.58. The van der Waals surface area contributed by atoms with Gasteiger partial charge in [0.15, 0.2) is 0 Å². The van der Waals surface area contributed by atoms with Gasteiger partial charge in [-0.25, -0.2) is 4.90 Å². The molecule has 1 fully saturated rings. The van der Waals surface area contributed by atoms with Gasteiger partial charge in [0.2, 0.25) is 17.7 Å². The van der Waals surface area contributed by atoms with E-state index in [1.54, 1.807) is 24.3 Å². The summed E-state index contributed by atoms with van der Waals surface area (Å²) < 4.78 is 0.638. The molecule has 2 rings (SSSR count). The van der Waals surface area contributed by atoms with E-state index in [0.717, 1.165) is 13.1 Å². The summed E-state index contributed by atoms with van der Waals surface area (Å²) in [5.41, 5.74) is 1.12. The molecule has 1 N–H and O–H groups in total. The zero-order valence-corrected chi connectivity index (χ0v) is 16.1. The molecule has 1 atom stereocenters. The minimum Gasteiger partial charge on any atom is -0.358 e. The van der Waals surface area contributed by atoms with Gasteiger partial charge in [0.1, 0.15) is 9.57 Å². The Morgan fingerprint density at radius 1 is 1.28 bits per heavy atom. The lowest BCUT2D eigenvalue weighted by Crippen LogP contribution is -2.33. The lowest BCUT2D eigenvalue weighted by molar-refractivity contribution is -0.121. The molecule has 1 saturated heterocycles. The molecule has 0 radical (unpaired) electrons. The van der Waals surface area contributed by atoms with Crippen LogP contribution in [-0.2, 0) is 14.4 Å². The second-order valence-corrected chi connectivity index (χ2v) is 7.38. The van der Waals surface area contributed by atoms with E-state index in [2.05, 4.69) is 5.32 Å². The summed E-state index contributed by atoms with van der Waals surface area (Å²) in [7, 11) is 0. The number of anilines is 2. The summed E-state index contributed by atoms with van der Waals surface area (Å²) in [4.78, 5) is 39.2. The molecular formula is C17H21N3O3S2. The Morgan fingerprint density at radius 3 is 2.40 bits per heavy atom. The normalized spacial score (nSPS) is 16.9. The van der Waals surface area contributed by atoms with Gasteiger partial charge < -0.3 is 10.2 Å². The molecule has 0 saturated carbocycles. The number of thiocarbonyl (C=S) groups is 1. The van der Waals surface area contributed by atoms with Crippen molar-refractivity contribution in [1.29, 1.82) is 0 Å². The quantitative estimate of drug-likeness (QED) is 0.627. The van der Waals surface area contributed by atoms with Gasteiger partial charge in [-0.3, -0.25) is 14.4 Å². The van der Waals surface area contributed by atoms with Crippen molar-refractivity contribution in [1.82, 2.24) is 4.90 Å². The Hall–Kier alpha value is -1.93. The van der Waals surface area contributed by atoms with E-state index in [1.165, 1.54) is 23.6 Å². The molecule has 1 aliphatic heterocycles. The first-order valence-corrected chi connectivity index (χ1v) is 9.36. The maximum atomic E-state index is 12.7. The molecule has 8 heteroatoms. The van der Waals surface area contributed by atoms with Crippen LogP contribution in [0.5, 0.6) is 0 Å². The maximum Gasteiger partial charge on any atom is 0.247 e. The molecule has 1 aromatic rings. The van der Waals surface area contributed by atoms with Crippen LogP contribution in [0, 0.1) is 0 Å². The number of nitrogens with one attached hydrogen (secondary N) is 1. The van der Waals surface area contributed by atoms with Gasteiger partial charge in [0, 0.05) is 32.1 Å². The van der Waals surface area contributed by atoms with Crippen molar-refractivity contribution in [2.24, 2.45) is 0 Å². The lowest BCUT2D eigenvalue weighted by Gasteiger charge is -2.22. The van der Waals surface area contributed by atoms with Crippen LogP contribution in [-0.4, -0.2) is 45.3 Å². The number of imide groups is 1. The summed E-state index contributed by atoms with van der Waals surface area (Å²) in [6.45, 7) is 6.96. The van der Waals surface area contributed by atoms with Crippen LogP contribution in [0.15, 0.2) is 24.3 Å². The average molecular weight is 380 g/mol. The smallest absolute Gasteiger partial charge is 0.247 e. The highest BCUT2D eigenvalue weighted by atomic mass is 32.2. The number of carbonyl (C=O) groups excluding carboxylic acids is 3. The molecule has 0 aliphatic carbocycles. The van der Waals surface area contributed by atoms with Crippen LogP contribution in [0.4, 0.5) is 11.4 Å². The van der Waals surface area contributed by atoms with Crippen LogP contribution in [0.25, 0.3) is 0 Å². The van der Waals surface area contributed by atoms with Crippen LogP contribution >= 0.6 is 24.0 Å². The summed E-state index contributed by atoms with van der Waals surface area (Å²) in [6.07, 6.45) is 0.137. The van der Waals surface area contributed by atoms with Crippen LogP contribution in [0.3, 0.4) is 0 Å². The molecule has 25 heavy (non-hydrogen) atoms. The third-order valence-electron chi connectivity index (χ3n) is 3.82. The van der Waals surface area contributed by atoms with Gasteiger partial charge in [-0.1, -0.05) is 24.0 Å². The fourth-order valence-corrected chi connectivity index (χ4v) is 4.23. The topological polar surface area (TPSA) is 69.7 Å². The number of carbonyl (C=O) groups is 3. The van der Waals surface area contributed by atoms with Gasteiger partial charge in [0.05, 0.1) is 5.69 Å². The van der Waals surface area contributed by atoms with E-state index in [4.69, 9.17) is 12.2 Å². The van der Waals surface area contributed by atoms with E-state index in [1.807, 2.05) is 18.7 Å². The molecule has 1 aliphatic rings. The van der Waals surface area contributed by atoms with E-state index in [9.17, 15) is 14.4 Å². The minimum atomic E-state index is -0.490. The van der Waals surface area contributed by atoms with E-state index < -0.39 is 5.25 Å². The first kappa shape index (κ1) is 19.4. The summed E-state index contributed by atoms with van der Waals surface area (Å²) in [5, 5.41) is 2.16. The fraction of sp³-hybridized carbons (Fsp3) is 0.412. The Morgan fingerprint density at radius 2 is 1.88 bits per heavy atom. The van der Waals surface area contributed by atoms with Crippen LogP contribution in [0.1, 0.15) is 27.2 Å². The number of thioether (sulfide) groups is 1. The van der Waals surface area contributed by atoms with Gasteiger partial charge in [0.25, 0.3) is 0 Å². The minimum absolute atomic E-state index is 0.137. The Bertz CT molecular complexity index is 687. The van der Waals surface area contributed by atoms with Crippen molar-refractivity contribution >= 4 is 57.4 Å². The second-order valence-electron chi connectivity index (χ2n) is 5.54. The predicted molar refractivity (Wildman–Crippen MR) is 105 cm³/mol. The zero-order valence-electron chi connectivity index (χ0n) is 14.4. The number of hydrogen-bond donors (Lipinski definition) is 1. The predicted octanol–water partition coefficient (Wildman–Crippen LogP) is 2.64. The third-order valence-corrected chi connectivity index (χ3v) is 5.48. The molecule has 1 unspecified atom stereocenters. The van der Waals surface area contributed by atoms with Crippen molar-refractivity contribution in [3.63, 3.8) is 0 Å². The van der Waals surface area contributed by atoms with Crippen molar-refractivity contribution < 1.29 is 14.4 Å². The number of nitrogens with zero attached hydrogens (tertiary/aromatic N) is 2. The van der Waals surface area contributed by atoms with E-state index in [-0.39, 0.29) is 24.1 Å². The van der Waals surface area contributed by atoms with Gasteiger partial charge in [-0.05, 0) is 38.1 Å². The van der Waals surface area contributed by atoms with E-state index >= 15 is 0 Å². The van der Waals surface area contributed by atoms with Crippen molar-refractivity contribution in [2.75, 3.05) is 23.3 Å². The zero-order chi connectivity index (χ0) is 18.6. The highest BCUT2D eigenvalue weighted by Crippen LogP contribution is 2.31. The summed E-state index contributed by atoms with van der Waals surface area (Å²) in [6, 6.07) is 6.63. The largest absolute Gasteiger partial charge is 0.358 e. The standard InChI is InChI=1S/C17H21N3O3S2/c1-4-19(5-2)17(24)25-14-10-15(22)20(16(14)23)13-8-6-12(7-9-13)18-11(3)21/h6-9,14H,4-5,10H2,1-3H3,(H,18,21). The maximum absolute atomic E-state index is 12.7. The molecule has 1 heterocycles. The first-order chi connectivity index (χ1) is 11.9. The van der Waals surface area contributed by atoms with Gasteiger partial charge in [-0.2, -0.15) is 0 Å². The molecule has 1 aromatic carbocycles. The van der Waals surface area contributed by atoms with E-state index in [0.29, 0.717) is 15.7 Å². The molecule has 3 amide bonds. The molecule has 134 valence electrons. The van der Waals surface area contributed by atoms with Crippen molar-refractivity contribution in [3.05, 3.63) is 24.3 Å². The highest BCUT2D eigenvalue weighted by Gasteiger charge is 2.40. The van der Waals surface area contributed by atoms with Crippen molar-refractivity contribution in [3.8, 4) is 0 Å². The van der Waals surface area contributed by atoms with Gasteiger partial charge >= 0.3 is 0 Å². The Balaban J connectivity index is 2.10. The van der Waals surface area contributed by atoms with Crippen LogP contribution < -0.4 is 10.2 Å². The summed E-state index contributed by atoms with van der Waals surface area (Å²) >= 11 is 6.66. The number of hydrogen-bond acceptors (Lipinski definition) is 5. The Labute approximate surface area is 156 Å². The first-order valence-electron chi connectivity index (χ1n) is 8.07. The lowest BCUT2D eigenvalue weighted by atomic mass is 10.2. The molecule has 6 nitrogen and oxygen atoms in total. The van der Waals surface area contributed by atoms with Crippen LogP contribution in [0.2, 0.25) is 0 Å².